The molecule has 1 fully saturated rings. The van der Waals surface area contributed by atoms with Gasteiger partial charge in [0.25, 0.3) is 0 Å². The molecule has 2 aromatic heterocycles. The fourth-order valence-corrected chi connectivity index (χ4v) is 6.89. The number of hydrogen-bond donors (Lipinski definition) is 1. The lowest BCUT2D eigenvalue weighted by Crippen LogP contribution is -2.44. The maximum Gasteiger partial charge on any atom is 0.231 e. The first-order chi connectivity index (χ1) is 19.4. The quantitative estimate of drug-likeness (QED) is 0.312. The van der Waals surface area contributed by atoms with E-state index in [0.717, 1.165) is 51.9 Å². The zero-order valence-electron chi connectivity index (χ0n) is 22.7. The minimum absolute atomic E-state index is 0.0825. The second-order valence-corrected chi connectivity index (χ2v) is 11.6. The molecular weight excluding hydrogens is 520 g/mol. The summed E-state index contributed by atoms with van der Waals surface area (Å²) in [6.45, 7) is 3.99. The second kappa shape index (κ2) is 11.0. The van der Waals surface area contributed by atoms with Crippen molar-refractivity contribution in [2.24, 2.45) is 11.7 Å². The topological polar surface area (TPSA) is 88.6 Å². The van der Waals surface area contributed by atoms with Gasteiger partial charge in [-0.25, -0.2) is 0 Å². The van der Waals surface area contributed by atoms with E-state index in [1.54, 1.807) is 21.1 Å². The zero-order chi connectivity index (χ0) is 27.8. The van der Waals surface area contributed by atoms with Gasteiger partial charge in [-0.3, -0.25) is 14.4 Å². The number of Topliss-reactive ketones (excluding diaryl/α,β-unsaturated/α-hetero) is 1. The van der Waals surface area contributed by atoms with Crippen molar-refractivity contribution in [1.29, 1.82) is 0 Å². The molecule has 2 aliphatic rings. The number of para-hydroxylation sites is 2. The molecule has 4 aromatic rings. The van der Waals surface area contributed by atoms with Gasteiger partial charge in [-0.05, 0) is 71.8 Å². The van der Waals surface area contributed by atoms with Crippen molar-refractivity contribution >= 4 is 51.2 Å². The Morgan fingerprint density at radius 2 is 1.98 bits per heavy atom. The number of benzene rings is 2. The van der Waals surface area contributed by atoms with Gasteiger partial charge in [-0.1, -0.05) is 30.3 Å². The fraction of sp³-hybridized carbons (Fsp3) is 0.344. The van der Waals surface area contributed by atoms with Crippen LogP contribution in [0.2, 0.25) is 0 Å². The Balaban J connectivity index is 1.26. The van der Waals surface area contributed by atoms with E-state index in [1.807, 2.05) is 47.2 Å². The van der Waals surface area contributed by atoms with Crippen LogP contribution in [0, 0.1) is 5.92 Å². The summed E-state index contributed by atoms with van der Waals surface area (Å²) < 4.78 is 2.18. The van der Waals surface area contributed by atoms with E-state index in [4.69, 9.17) is 5.73 Å². The first-order valence-corrected chi connectivity index (χ1v) is 15.0. The van der Waals surface area contributed by atoms with Crippen LogP contribution in [0.25, 0.3) is 10.9 Å². The van der Waals surface area contributed by atoms with E-state index in [1.165, 1.54) is 0 Å². The molecule has 0 radical (unpaired) electrons. The van der Waals surface area contributed by atoms with Crippen LogP contribution in [0.1, 0.15) is 42.9 Å². The van der Waals surface area contributed by atoms with E-state index in [-0.39, 0.29) is 24.0 Å². The fourth-order valence-electron chi connectivity index (χ4n) is 6.23. The lowest BCUT2D eigenvalue weighted by Gasteiger charge is -2.37. The number of nitrogens with zero attached hydrogens (tertiary/aromatic N) is 3. The van der Waals surface area contributed by atoms with Crippen molar-refractivity contribution < 1.29 is 14.4 Å². The smallest absolute Gasteiger partial charge is 0.231 e. The Morgan fingerprint density at radius 3 is 2.73 bits per heavy atom. The summed E-state index contributed by atoms with van der Waals surface area (Å²) >= 11 is 1.59. The molecule has 206 valence electrons. The van der Waals surface area contributed by atoms with Crippen LogP contribution in [0.15, 0.2) is 65.5 Å². The number of aromatic nitrogens is 1. The predicted octanol–water partition coefficient (Wildman–Crippen LogP) is 5.08. The van der Waals surface area contributed by atoms with Gasteiger partial charge in [0.1, 0.15) is 0 Å². The molecule has 0 spiro atoms. The van der Waals surface area contributed by atoms with Gasteiger partial charge in [0.2, 0.25) is 11.8 Å². The minimum atomic E-state index is -0.691. The third kappa shape index (κ3) is 4.86. The van der Waals surface area contributed by atoms with Crippen LogP contribution in [-0.2, 0) is 40.3 Å². The largest absolute Gasteiger partial charge is 0.347 e. The molecule has 2 amide bonds. The van der Waals surface area contributed by atoms with Crippen LogP contribution >= 0.6 is 11.3 Å². The molecule has 2 aromatic carbocycles. The SMILES string of the molecule is CCn1cc(C[C@@H](N)C(=O)CC2Cc3cccc(N4CCCC4=O)c3N(Cc3ccsc3)C2=O)c2ccccc21. The number of ketones is 1. The number of aryl methyl sites for hydroxylation is 1. The molecule has 2 aliphatic heterocycles. The molecule has 0 aliphatic carbocycles. The monoisotopic (exact) mass is 554 g/mol. The molecule has 4 heterocycles. The number of rotatable bonds is 9. The van der Waals surface area contributed by atoms with Crippen molar-refractivity contribution in [1.82, 2.24) is 4.57 Å². The maximum absolute atomic E-state index is 14.0. The number of carbonyl (C=O) groups is 3. The Bertz CT molecular complexity index is 1570. The first kappa shape index (κ1) is 26.5. The highest BCUT2D eigenvalue weighted by molar-refractivity contribution is 7.07. The summed E-state index contributed by atoms with van der Waals surface area (Å²) in [5, 5.41) is 5.14. The molecule has 40 heavy (non-hydrogen) atoms. The van der Waals surface area contributed by atoms with Gasteiger partial charge in [-0.2, -0.15) is 11.3 Å². The van der Waals surface area contributed by atoms with E-state index in [0.29, 0.717) is 32.4 Å². The number of amides is 2. The number of hydrogen-bond acceptors (Lipinski definition) is 5. The Morgan fingerprint density at radius 1 is 1.12 bits per heavy atom. The standard InChI is InChI=1S/C32H34N4O3S/c1-2-34-19-24(25-8-3-4-9-27(25)34)16-26(33)29(37)17-23-15-22-7-5-10-28(35-13-6-11-30(35)38)31(22)36(32(23)39)18-21-12-14-40-20-21/h3-5,7-10,12,14,19-20,23,26H,2,6,11,13,15-18,33H2,1H3/t23?,26-/m1/s1. The summed E-state index contributed by atoms with van der Waals surface area (Å²) in [5.74, 6) is -0.590. The Labute approximate surface area is 238 Å². The summed E-state index contributed by atoms with van der Waals surface area (Å²) in [4.78, 5) is 43.8. The van der Waals surface area contributed by atoms with Crippen LogP contribution in [-0.4, -0.2) is 34.8 Å². The van der Waals surface area contributed by atoms with Crippen molar-refractivity contribution in [2.45, 2.75) is 58.2 Å². The zero-order valence-corrected chi connectivity index (χ0v) is 23.5. The van der Waals surface area contributed by atoms with E-state index in [2.05, 4.69) is 29.8 Å². The van der Waals surface area contributed by atoms with Crippen molar-refractivity contribution in [2.75, 3.05) is 16.3 Å². The van der Waals surface area contributed by atoms with Crippen LogP contribution in [0.3, 0.4) is 0 Å². The molecule has 0 saturated carbocycles. The molecule has 6 rings (SSSR count). The third-order valence-corrected chi connectivity index (χ3v) is 8.98. The van der Waals surface area contributed by atoms with Gasteiger partial charge < -0.3 is 20.1 Å². The Hall–Kier alpha value is -3.75. The van der Waals surface area contributed by atoms with Gasteiger partial charge in [0.05, 0.1) is 24.0 Å². The minimum Gasteiger partial charge on any atom is -0.347 e. The van der Waals surface area contributed by atoms with Gasteiger partial charge >= 0.3 is 0 Å². The summed E-state index contributed by atoms with van der Waals surface area (Å²) in [6, 6.07) is 15.4. The second-order valence-electron chi connectivity index (χ2n) is 10.8. The Kier molecular flexibility index (Phi) is 7.29. The van der Waals surface area contributed by atoms with E-state index < -0.39 is 12.0 Å². The highest BCUT2D eigenvalue weighted by atomic mass is 32.1. The molecule has 2 atom stereocenters. The van der Waals surface area contributed by atoms with E-state index >= 15 is 0 Å². The molecule has 7 nitrogen and oxygen atoms in total. The summed E-state index contributed by atoms with van der Waals surface area (Å²) in [5.41, 5.74) is 12.3. The molecule has 1 unspecified atom stereocenters. The van der Waals surface area contributed by atoms with Gasteiger partial charge in [0.15, 0.2) is 5.78 Å². The molecular formula is C32H34N4O3S. The number of anilines is 2. The van der Waals surface area contributed by atoms with Crippen LogP contribution in [0.4, 0.5) is 11.4 Å². The summed E-state index contributed by atoms with van der Waals surface area (Å²) in [6.07, 6.45) is 4.41. The molecule has 2 N–H and O–H groups in total. The number of thiophene rings is 1. The van der Waals surface area contributed by atoms with Crippen LogP contribution in [0.5, 0.6) is 0 Å². The van der Waals surface area contributed by atoms with Gasteiger partial charge in [-0.15, -0.1) is 0 Å². The number of fused-ring (bicyclic) bond motifs is 2. The first-order valence-electron chi connectivity index (χ1n) is 14.0. The van der Waals surface area contributed by atoms with E-state index in [9.17, 15) is 14.4 Å². The number of nitrogens with two attached hydrogens (primary N) is 1. The average Bonchev–Trinajstić information content (AvgIpc) is 3.71. The van der Waals surface area contributed by atoms with Crippen molar-refractivity contribution in [3.05, 3.63) is 82.2 Å². The highest BCUT2D eigenvalue weighted by Gasteiger charge is 2.38. The number of carbonyl (C=O) groups excluding carboxylic acids is 3. The van der Waals surface area contributed by atoms with Crippen LogP contribution < -0.4 is 15.5 Å². The normalized spacial score (nSPS) is 18.0. The highest BCUT2D eigenvalue weighted by Crippen LogP contribution is 2.42. The average molecular weight is 555 g/mol. The third-order valence-electron chi connectivity index (χ3n) is 8.25. The predicted molar refractivity (Wildman–Crippen MR) is 160 cm³/mol. The lowest BCUT2D eigenvalue weighted by atomic mass is 9.85. The molecule has 0 bridgehead atoms. The van der Waals surface area contributed by atoms with Crippen molar-refractivity contribution in [3.63, 3.8) is 0 Å². The van der Waals surface area contributed by atoms with Crippen molar-refractivity contribution in [3.8, 4) is 0 Å². The summed E-state index contributed by atoms with van der Waals surface area (Å²) in [7, 11) is 0. The molecule has 8 heteroatoms. The van der Waals surface area contributed by atoms with Gasteiger partial charge in [0, 0.05) is 48.9 Å². The lowest BCUT2D eigenvalue weighted by molar-refractivity contribution is -0.128. The maximum atomic E-state index is 14.0. The molecule has 1 saturated heterocycles.